The van der Waals surface area contributed by atoms with Crippen molar-refractivity contribution < 1.29 is 14.7 Å². The van der Waals surface area contributed by atoms with E-state index in [1.807, 2.05) is 4.90 Å². The van der Waals surface area contributed by atoms with Gasteiger partial charge in [-0.15, -0.1) is 0 Å². The van der Waals surface area contributed by atoms with E-state index in [2.05, 4.69) is 5.32 Å². The number of nitrogens with one attached hydrogen (secondary N) is 1. The SMILES string of the molecule is O=C(CN1CC2CCC(C1)N2C(=O)[O-])Nc1ccccc1Cl. The summed E-state index contributed by atoms with van der Waals surface area (Å²) in [5.41, 5.74) is 0.588. The van der Waals surface area contributed by atoms with E-state index in [1.165, 1.54) is 4.90 Å². The first-order valence-corrected chi connectivity index (χ1v) is 7.68. The Bertz CT molecular complexity index is 581. The van der Waals surface area contributed by atoms with E-state index >= 15 is 0 Å². The Kier molecular flexibility index (Phi) is 4.22. The molecule has 1 aromatic rings. The van der Waals surface area contributed by atoms with E-state index in [9.17, 15) is 14.7 Å². The molecule has 0 aromatic heterocycles. The van der Waals surface area contributed by atoms with Gasteiger partial charge in [-0.2, -0.15) is 0 Å². The summed E-state index contributed by atoms with van der Waals surface area (Å²) in [7, 11) is 0. The lowest BCUT2D eigenvalue weighted by Crippen LogP contribution is -2.59. The fraction of sp³-hybridized carbons (Fsp3) is 0.467. The molecule has 2 heterocycles. The van der Waals surface area contributed by atoms with Gasteiger partial charge >= 0.3 is 0 Å². The van der Waals surface area contributed by atoms with Crippen molar-refractivity contribution in [3.63, 3.8) is 0 Å². The van der Waals surface area contributed by atoms with E-state index < -0.39 is 6.09 Å². The number of carboxylic acid groups (broad SMARTS) is 1. The molecule has 7 heteroatoms. The molecule has 0 radical (unpaired) electrons. The molecular weight excluding hydrogens is 306 g/mol. The zero-order chi connectivity index (χ0) is 15.7. The Morgan fingerprint density at radius 3 is 2.45 bits per heavy atom. The number of likely N-dealkylation sites (tertiary alicyclic amines) is 1. The molecule has 2 saturated heterocycles. The van der Waals surface area contributed by atoms with Crippen molar-refractivity contribution in [1.29, 1.82) is 0 Å². The van der Waals surface area contributed by atoms with E-state index in [-0.39, 0.29) is 24.5 Å². The van der Waals surface area contributed by atoms with Crippen LogP contribution in [0.25, 0.3) is 0 Å². The van der Waals surface area contributed by atoms with Crippen LogP contribution in [-0.4, -0.2) is 53.5 Å². The summed E-state index contributed by atoms with van der Waals surface area (Å²) in [6.07, 6.45) is 0.565. The molecule has 0 aliphatic carbocycles. The number of amides is 2. The number of piperazine rings is 1. The highest BCUT2D eigenvalue weighted by atomic mass is 35.5. The third-order valence-corrected chi connectivity index (χ3v) is 4.61. The lowest BCUT2D eigenvalue weighted by Gasteiger charge is -2.42. The quantitative estimate of drug-likeness (QED) is 0.892. The molecule has 2 aliphatic heterocycles. The van der Waals surface area contributed by atoms with Gasteiger partial charge in [-0.25, -0.2) is 0 Å². The number of hydrogen-bond donors (Lipinski definition) is 1. The molecule has 3 rings (SSSR count). The lowest BCUT2D eigenvalue weighted by atomic mass is 10.2. The smallest absolute Gasteiger partial charge is 0.238 e. The van der Waals surface area contributed by atoms with Crippen LogP contribution in [0.2, 0.25) is 5.02 Å². The van der Waals surface area contributed by atoms with E-state index in [4.69, 9.17) is 11.6 Å². The van der Waals surface area contributed by atoms with Gasteiger partial charge in [-0.1, -0.05) is 23.7 Å². The van der Waals surface area contributed by atoms with Crippen LogP contribution >= 0.6 is 11.6 Å². The standard InChI is InChI=1S/C15H18ClN3O3/c16-12-3-1-2-4-13(12)17-14(20)9-18-7-10-5-6-11(8-18)19(10)15(21)22/h1-4,10-11H,5-9H2,(H,17,20)(H,21,22)/p-1. The molecule has 2 aliphatic rings. The second-order valence-electron chi connectivity index (χ2n) is 5.78. The minimum absolute atomic E-state index is 0.0585. The summed E-state index contributed by atoms with van der Waals surface area (Å²) < 4.78 is 0. The number of fused-ring (bicyclic) bond motifs is 2. The minimum Gasteiger partial charge on any atom is -0.530 e. The van der Waals surface area contributed by atoms with E-state index in [0.717, 1.165) is 12.8 Å². The Morgan fingerprint density at radius 2 is 1.86 bits per heavy atom. The van der Waals surface area contributed by atoms with Gasteiger partial charge in [0.15, 0.2) is 0 Å². The summed E-state index contributed by atoms with van der Waals surface area (Å²) in [5, 5.41) is 14.4. The van der Waals surface area contributed by atoms with Gasteiger partial charge in [0.2, 0.25) is 5.91 Å². The predicted octanol–water partition coefficient (Wildman–Crippen LogP) is 0.770. The fourth-order valence-electron chi connectivity index (χ4n) is 3.37. The van der Waals surface area contributed by atoms with Crippen LogP contribution in [0.15, 0.2) is 24.3 Å². The van der Waals surface area contributed by atoms with Crippen LogP contribution in [0.1, 0.15) is 12.8 Å². The number of para-hydroxylation sites is 1. The number of carbonyl (C=O) groups excluding carboxylic acids is 2. The van der Waals surface area contributed by atoms with Crippen molar-refractivity contribution >= 4 is 29.3 Å². The monoisotopic (exact) mass is 322 g/mol. The van der Waals surface area contributed by atoms with Crippen LogP contribution in [-0.2, 0) is 4.79 Å². The first-order valence-electron chi connectivity index (χ1n) is 7.30. The Balaban J connectivity index is 1.58. The topological polar surface area (TPSA) is 75.7 Å². The van der Waals surface area contributed by atoms with Gasteiger partial charge in [0.25, 0.3) is 0 Å². The zero-order valence-electron chi connectivity index (χ0n) is 12.0. The van der Waals surface area contributed by atoms with Crippen molar-refractivity contribution in [2.75, 3.05) is 25.0 Å². The largest absolute Gasteiger partial charge is 0.530 e. The van der Waals surface area contributed by atoms with Crippen LogP contribution in [0, 0.1) is 0 Å². The van der Waals surface area contributed by atoms with E-state index in [0.29, 0.717) is 23.8 Å². The highest BCUT2D eigenvalue weighted by molar-refractivity contribution is 6.33. The van der Waals surface area contributed by atoms with Gasteiger partial charge in [0, 0.05) is 25.2 Å². The van der Waals surface area contributed by atoms with Gasteiger partial charge in [-0.3, -0.25) is 9.69 Å². The average molecular weight is 323 g/mol. The minimum atomic E-state index is -1.10. The summed E-state index contributed by atoms with van der Waals surface area (Å²) >= 11 is 6.01. The first kappa shape index (κ1) is 15.1. The maximum atomic E-state index is 12.1. The molecule has 2 amide bonds. The van der Waals surface area contributed by atoms with Crippen LogP contribution in [0.3, 0.4) is 0 Å². The molecule has 2 atom stereocenters. The molecule has 2 unspecified atom stereocenters. The zero-order valence-corrected chi connectivity index (χ0v) is 12.8. The Hall–Kier alpha value is -1.79. The van der Waals surface area contributed by atoms with Crippen molar-refractivity contribution in [2.45, 2.75) is 24.9 Å². The predicted molar refractivity (Wildman–Crippen MR) is 80.6 cm³/mol. The number of halogens is 1. The molecule has 1 aromatic carbocycles. The second-order valence-corrected chi connectivity index (χ2v) is 6.19. The Morgan fingerprint density at radius 1 is 1.23 bits per heavy atom. The average Bonchev–Trinajstić information content (AvgIpc) is 2.74. The number of carbonyl (C=O) groups is 2. The molecule has 1 N–H and O–H groups in total. The molecule has 0 spiro atoms. The van der Waals surface area contributed by atoms with Gasteiger partial charge < -0.3 is 20.1 Å². The third kappa shape index (κ3) is 3.03. The normalized spacial score (nSPS) is 24.3. The molecule has 2 fully saturated rings. The van der Waals surface area contributed by atoms with Gasteiger partial charge in [0.1, 0.15) is 6.09 Å². The summed E-state index contributed by atoms with van der Waals surface area (Å²) in [5.74, 6) is -0.144. The molecule has 6 nitrogen and oxygen atoms in total. The molecule has 22 heavy (non-hydrogen) atoms. The van der Waals surface area contributed by atoms with Gasteiger partial charge in [-0.05, 0) is 25.0 Å². The second kappa shape index (κ2) is 6.14. The number of rotatable bonds is 3. The summed E-state index contributed by atoms with van der Waals surface area (Å²) in [4.78, 5) is 26.7. The lowest BCUT2D eigenvalue weighted by molar-refractivity contribution is -0.270. The van der Waals surface area contributed by atoms with Crippen molar-refractivity contribution in [3.8, 4) is 0 Å². The Labute approximate surface area is 133 Å². The number of hydrogen-bond acceptors (Lipinski definition) is 4. The first-order chi connectivity index (χ1) is 10.5. The van der Waals surface area contributed by atoms with Crippen LogP contribution in [0.5, 0.6) is 0 Å². The number of anilines is 1. The third-order valence-electron chi connectivity index (χ3n) is 4.28. The maximum absolute atomic E-state index is 12.1. The van der Waals surface area contributed by atoms with Crippen LogP contribution in [0.4, 0.5) is 10.5 Å². The maximum Gasteiger partial charge on any atom is 0.238 e. The summed E-state index contributed by atoms with van der Waals surface area (Å²) in [6.45, 7) is 1.37. The molecule has 2 bridgehead atoms. The number of nitrogens with zero attached hydrogens (tertiary/aromatic N) is 2. The summed E-state index contributed by atoms with van der Waals surface area (Å²) in [6, 6.07) is 6.96. The highest BCUT2D eigenvalue weighted by Gasteiger charge is 2.40. The van der Waals surface area contributed by atoms with Crippen molar-refractivity contribution in [3.05, 3.63) is 29.3 Å². The molecule has 118 valence electrons. The number of benzene rings is 1. The highest BCUT2D eigenvalue weighted by Crippen LogP contribution is 2.29. The van der Waals surface area contributed by atoms with E-state index in [1.54, 1.807) is 24.3 Å². The van der Waals surface area contributed by atoms with Crippen molar-refractivity contribution in [1.82, 2.24) is 9.80 Å². The molecular formula is C15H17ClN3O3-. The molecule has 0 saturated carbocycles. The van der Waals surface area contributed by atoms with Crippen LogP contribution < -0.4 is 10.4 Å². The van der Waals surface area contributed by atoms with Crippen molar-refractivity contribution in [2.24, 2.45) is 0 Å². The van der Waals surface area contributed by atoms with Gasteiger partial charge in [0.05, 0.1) is 17.3 Å². The fourth-order valence-corrected chi connectivity index (χ4v) is 3.56.